The number of benzene rings is 1. The van der Waals surface area contributed by atoms with Crippen LogP contribution in [0.3, 0.4) is 0 Å². The molecule has 1 aromatic carbocycles. The molecule has 0 fully saturated rings. The Kier molecular flexibility index (Phi) is 5.50. The fraction of sp³-hybridized carbons (Fsp3) is 0.294. The summed E-state index contributed by atoms with van der Waals surface area (Å²) in [5.74, 6) is -0.252. The number of nitrogens with zero attached hydrogens (tertiary/aromatic N) is 2. The first-order valence-corrected chi connectivity index (χ1v) is 7.75. The number of aromatic hydroxyl groups is 1. The molecule has 24 heavy (non-hydrogen) atoms. The van der Waals surface area contributed by atoms with Gasteiger partial charge in [-0.1, -0.05) is 17.7 Å². The molecule has 0 saturated carbocycles. The van der Waals surface area contributed by atoms with Gasteiger partial charge in [-0.15, -0.1) is 0 Å². The van der Waals surface area contributed by atoms with Crippen LogP contribution in [0.2, 0.25) is 5.02 Å². The molecule has 0 radical (unpaired) electrons. The Labute approximate surface area is 144 Å². The lowest BCUT2D eigenvalue weighted by atomic mass is 10.0. The number of aromatic nitrogens is 1. The number of halogens is 1. The summed E-state index contributed by atoms with van der Waals surface area (Å²) >= 11 is 6.09. The topological polar surface area (TPSA) is 98.3 Å². The molecule has 0 spiro atoms. The minimum Gasteiger partial charge on any atom is -0.494 e. The van der Waals surface area contributed by atoms with Crippen LogP contribution in [0.1, 0.15) is 22.3 Å². The molecule has 7 heteroatoms. The van der Waals surface area contributed by atoms with Gasteiger partial charge in [-0.25, -0.2) is 0 Å². The van der Waals surface area contributed by atoms with Crippen molar-refractivity contribution in [1.82, 2.24) is 4.57 Å². The van der Waals surface area contributed by atoms with E-state index in [2.05, 4.69) is 5.32 Å². The average molecular weight is 348 g/mol. The van der Waals surface area contributed by atoms with Crippen LogP contribution < -0.4 is 10.9 Å². The predicted octanol–water partition coefficient (Wildman–Crippen LogP) is 2.30. The lowest BCUT2D eigenvalue weighted by Gasteiger charge is -2.17. The van der Waals surface area contributed by atoms with Crippen molar-refractivity contribution in [3.8, 4) is 11.9 Å². The minimum atomic E-state index is -0.607. The number of hydrogen-bond donors (Lipinski definition) is 3. The molecule has 1 heterocycles. The smallest absolute Gasteiger partial charge is 0.271 e. The predicted molar refractivity (Wildman–Crippen MR) is 92.4 cm³/mol. The van der Waals surface area contributed by atoms with E-state index in [9.17, 15) is 15.2 Å². The summed E-state index contributed by atoms with van der Waals surface area (Å²) in [5, 5.41) is 32.5. The zero-order valence-corrected chi connectivity index (χ0v) is 14.2. The third kappa shape index (κ3) is 3.23. The Morgan fingerprint density at radius 2 is 2.04 bits per heavy atom. The number of pyridine rings is 1. The normalized spacial score (nSPS) is 10.5. The lowest BCUT2D eigenvalue weighted by molar-refractivity contribution is 0.263. The molecular weight excluding hydrogens is 330 g/mol. The van der Waals surface area contributed by atoms with Crippen LogP contribution in [0, 0.1) is 25.2 Å². The van der Waals surface area contributed by atoms with Crippen LogP contribution in [0.5, 0.6) is 5.88 Å². The van der Waals surface area contributed by atoms with E-state index in [4.69, 9.17) is 16.7 Å². The number of nitriles is 1. The van der Waals surface area contributed by atoms with Crippen LogP contribution in [0.4, 0.5) is 5.69 Å². The highest BCUT2D eigenvalue weighted by molar-refractivity contribution is 6.31. The largest absolute Gasteiger partial charge is 0.494 e. The third-order valence-electron chi connectivity index (χ3n) is 3.97. The molecule has 0 aliphatic carbocycles. The monoisotopic (exact) mass is 347 g/mol. The van der Waals surface area contributed by atoms with Crippen LogP contribution in [-0.2, 0) is 13.1 Å². The molecule has 0 atom stereocenters. The second kappa shape index (κ2) is 7.39. The van der Waals surface area contributed by atoms with Crippen molar-refractivity contribution in [1.29, 1.82) is 5.26 Å². The highest BCUT2D eigenvalue weighted by atomic mass is 35.5. The van der Waals surface area contributed by atoms with E-state index in [0.29, 0.717) is 16.1 Å². The Hall–Kier alpha value is -2.49. The van der Waals surface area contributed by atoms with E-state index in [-0.39, 0.29) is 31.1 Å². The van der Waals surface area contributed by atoms with Crippen molar-refractivity contribution in [3.05, 3.63) is 55.8 Å². The van der Waals surface area contributed by atoms with Crippen molar-refractivity contribution < 1.29 is 10.2 Å². The molecule has 0 aliphatic rings. The first-order chi connectivity index (χ1) is 11.4. The molecule has 3 N–H and O–H groups in total. The maximum atomic E-state index is 12.2. The van der Waals surface area contributed by atoms with Crippen LogP contribution in [-0.4, -0.2) is 21.4 Å². The first kappa shape index (κ1) is 17.9. The zero-order chi connectivity index (χ0) is 17.9. The number of hydrogen-bond acceptors (Lipinski definition) is 5. The van der Waals surface area contributed by atoms with E-state index in [0.717, 1.165) is 15.8 Å². The molecule has 2 aromatic rings. The average Bonchev–Trinajstić information content (AvgIpc) is 2.55. The molecule has 0 unspecified atom stereocenters. The van der Waals surface area contributed by atoms with Gasteiger partial charge in [-0.3, -0.25) is 9.36 Å². The van der Waals surface area contributed by atoms with Crippen molar-refractivity contribution in [2.24, 2.45) is 0 Å². The molecule has 1 aromatic heterocycles. The Morgan fingerprint density at radius 1 is 1.33 bits per heavy atom. The number of rotatable bonds is 5. The Morgan fingerprint density at radius 3 is 2.67 bits per heavy atom. The maximum absolute atomic E-state index is 12.2. The van der Waals surface area contributed by atoms with Gasteiger partial charge in [0, 0.05) is 22.8 Å². The van der Waals surface area contributed by atoms with Crippen LogP contribution in [0.25, 0.3) is 0 Å². The highest BCUT2D eigenvalue weighted by Crippen LogP contribution is 2.26. The zero-order valence-electron chi connectivity index (χ0n) is 13.4. The Bertz CT molecular complexity index is 869. The summed E-state index contributed by atoms with van der Waals surface area (Å²) in [6.45, 7) is 3.29. The summed E-state index contributed by atoms with van der Waals surface area (Å²) < 4.78 is 1.01. The summed E-state index contributed by atoms with van der Waals surface area (Å²) in [6, 6.07) is 7.30. The second-order valence-electron chi connectivity index (χ2n) is 5.36. The number of nitrogens with one attached hydrogen (secondary N) is 1. The highest BCUT2D eigenvalue weighted by Gasteiger charge is 2.18. The van der Waals surface area contributed by atoms with E-state index < -0.39 is 5.56 Å². The first-order valence-electron chi connectivity index (χ1n) is 7.37. The minimum absolute atomic E-state index is 0.0409. The lowest BCUT2D eigenvalue weighted by Crippen LogP contribution is -2.27. The van der Waals surface area contributed by atoms with Crippen molar-refractivity contribution in [2.75, 3.05) is 11.9 Å². The van der Waals surface area contributed by atoms with Gasteiger partial charge in [0.05, 0.1) is 13.2 Å². The standard InChI is InChI=1S/C17H18ClN3O3/c1-10-12(8-19)16(23)21(6-7-22)17(24)13(10)9-20-15-5-3-4-14(18)11(15)2/h3-5,20,22,24H,6-7,9H2,1-2H3. The molecule has 0 bridgehead atoms. The van der Waals surface area contributed by atoms with Gasteiger partial charge in [0.1, 0.15) is 11.6 Å². The summed E-state index contributed by atoms with van der Waals surface area (Å²) in [6.07, 6.45) is 0. The molecule has 6 nitrogen and oxygen atoms in total. The molecule has 0 saturated heterocycles. The van der Waals surface area contributed by atoms with Gasteiger partial charge in [-0.05, 0) is 37.1 Å². The van der Waals surface area contributed by atoms with Gasteiger partial charge < -0.3 is 15.5 Å². The van der Waals surface area contributed by atoms with Crippen molar-refractivity contribution in [3.63, 3.8) is 0 Å². The van der Waals surface area contributed by atoms with E-state index in [1.807, 2.05) is 19.1 Å². The van der Waals surface area contributed by atoms with Gasteiger partial charge in [0.2, 0.25) is 0 Å². The fourth-order valence-electron chi connectivity index (χ4n) is 2.51. The molecule has 0 amide bonds. The quantitative estimate of drug-likeness (QED) is 0.771. The SMILES string of the molecule is Cc1c(Cl)cccc1NCc1c(C)c(C#N)c(=O)n(CCO)c1O. The van der Waals surface area contributed by atoms with Gasteiger partial charge in [0.15, 0.2) is 5.88 Å². The maximum Gasteiger partial charge on any atom is 0.271 e. The van der Waals surface area contributed by atoms with E-state index in [1.165, 1.54) is 0 Å². The number of anilines is 1. The summed E-state index contributed by atoms with van der Waals surface area (Å²) in [4.78, 5) is 12.2. The van der Waals surface area contributed by atoms with Crippen molar-refractivity contribution >= 4 is 17.3 Å². The van der Waals surface area contributed by atoms with Gasteiger partial charge in [-0.2, -0.15) is 5.26 Å². The number of aliphatic hydroxyl groups is 1. The third-order valence-corrected chi connectivity index (χ3v) is 4.38. The second-order valence-corrected chi connectivity index (χ2v) is 5.77. The van der Waals surface area contributed by atoms with Crippen molar-refractivity contribution in [2.45, 2.75) is 26.9 Å². The van der Waals surface area contributed by atoms with E-state index >= 15 is 0 Å². The van der Waals surface area contributed by atoms with Crippen LogP contribution >= 0.6 is 11.6 Å². The summed E-state index contributed by atoms with van der Waals surface area (Å²) in [7, 11) is 0. The molecule has 126 valence electrons. The molecule has 2 rings (SSSR count). The Balaban J connectivity index is 2.47. The fourth-order valence-corrected chi connectivity index (χ4v) is 2.68. The van der Waals surface area contributed by atoms with Gasteiger partial charge >= 0.3 is 0 Å². The molecule has 0 aliphatic heterocycles. The molecular formula is C17H18ClN3O3. The summed E-state index contributed by atoms with van der Waals surface area (Å²) in [5.41, 5.74) is 1.85. The van der Waals surface area contributed by atoms with E-state index in [1.54, 1.807) is 19.1 Å². The number of aliphatic hydroxyl groups excluding tert-OH is 1. The van der Waals surface area contributed by atoms with Gasteiger partial charge in [0.25, 0.3) is 5.56 Å². The van der Waals surface area contributed by atoms with Crippen LogP contribution in [0.15, 0.2) is 23.0 Å².